The average molecular weight is 253 g/mol. The monoisotopic (exact) mass is 253 g/mol. The molecule has 1 aromatic heterocycles. The molecule has 0 saturated carbocycles. The molecule has 0 atom stereocenters. The summed E-state index contributed by atoms with van der Waals surface area (Å²) in [5, 5.41) is 4.55. The smallest absolute Gasteiger partial charge is 0.0944 e. The van der Waals surface area contributed by atoms with Crippen LogP contribution in [0.15, 0.2) is 0 Å². The van der Waals surface area contributed by atoms with Gasteiger partial charge in [-0.15, -0.1) is 11.3 Å². The molecule has 1 aromatic rings. The third-order valence-electron chi connectivity index (χ3n) is 3.34. The lowest BCUT2D eigenvalue weighted by Crippen LogP contribution is -2.21. The van der Waals surface area contributed by atoms with E-state index in [2.05, 4.69) is 17.1 Å². The summed E-state index contributed by atoms with van der Waals surface area (Å²) in [6, 6.07) is 0. The minimum absolute atomic E-state index is 0.963. The van der Waals surface area contributed by atoms with E-state index in [0.29, 0.717) is 0 Å². The highest BCUT2D eigenvalue weighted by molar-refractivity contribution is 7.11. The Balaban J connectivity index is 1.90. The Hall–Kier alpha value is -0.450. The fourth-order valence-electron chi connectivity index (χ4n) is 2.38. The van der Waals surface area contributed by atoms with E-state index in [0.717, 1.165) is 19.4 Å². The van der Waals surface area contributed by atoms with E-state index in [-0.39, 0.29) is 0 Å². The highest BCUT2D eigenvalue weighted by atomic mass is 32.1. The molecule has 17 heavy (non-hydrogen) atoms. The second-order valence-corrected chi connectivity index (χ2v) is 5.83. The minimum Gasteiger partial charge on any atom is -0.315 e. The first-order valence-corrected chi connectivity index (χ1v) is 7.49. The van der Waals surface area contributed by atoms with Gasteiger partial charge >= 0.3 is 0 Å². The lowest BCUT2D eigenvalue weighted by molar-refractivity contribution is 0.343. The Labute approximate surface area is 108 Å². The zero-order chi connectivity index (χ0) is 12.1. The van der Waals surface area contributed by atoms with E-state index in [1.165, 1.54) is 48.1 Å². The van der Waals surface area contributed by atoms with Crippen LogP contribution in [0.1, 0.15) is 35.3 Å². The highest BCUT2D eigenvalue weighted by Gasteiger charge is 2.13. The molecule has 1 N–H and O–H groups in total. The summed E-state index contributed by atoms with van der Waals surface area (Å²) in [6.45, 7) is 6.92. The number of aromatic nitrogens is 1. The SMILES string of the molecule is CCc1nc(CCN2CCCC2)sc1CNC. The summed E-state index contributed by atoms with van der Waals surface area (Å²) in [5.74, 6) is 0. The largest absolute Gasteiger partial charge is 0.315 e. The first-order chi connectivity index (χ1) is 8.33. The predicted octanol–water partition coefficient (Wildman–Crippen LogP) is 2.06. The van der Waals surface area contributed by atoms with Crippen LogP contribution in [0.4, 0.5) is 0 Å². The van der Waals surface area contributed by atoms with Crippen molar-refractivity contribution in [2.24, 2.45) is 0 Å². The minimum atomic E-state index is 0.963. The lowest BCUT2D eigenvalue weighted by Gasteiger charge is -2.12. The Kier molecular flexibility index (Phi) is 4.95. The maximum Gasteiger partial charge on any atom is 0.0944 e. The Morgan fingerprint density at radius 3 is 2.76 bits per heavy atom. The zero-order valence-electron chi connectivity index (χ0n) is 11.0. The molecule has 4 heteroatoms. The van der Waals surface area contributed by atoms with Crippen molar-refractivity contribution in [3.05, 3.63) is 15.6 Å². The van der Waals surface area contributed by atoms with Gasteiger partial charge in [0.1, 0.15) is 0 Å². The van der Waals surface area contributed by atoms with Gasteiger partial charge in [-0.25, -0.2) is 4.98 Å². The Morgan fingerprint density at radius 2 is 2.12 bits per heavy atom. The van der Waals surface area contributed by atoms with Gasteiger partial charge in [0.2, 0.25) is 0 Å². The van der Waals surface area contributed by atoms with Crippen molar-refractivity contribution in [2.75, 3.05) is 26.7 Å². The van der Waals surface area contributed by atoms with E-state index in [9.17, 15) is 0 Å². The maximum atomic E-state index is 4.76. The second-order valence-electron chi connectivity index (χ2n) is 4.66. The molecule has 2 rings (SSSR count). The molecule has 0 aliphatic carbocycles. The van der Waals surface area contributed by atoms with Gasteiger partial charge < -0.3 is 10.2 Å². The molecule has 0 unspecified atom stereocenters. The van der Waals surface area contributed by atoms with Crippen molar-refractivity contribution in [3.8, 4) is 0 Å². The maximum absolute atomic E-state index is 4.76. The molecule has 0 radical (unpaired) electrons. The van der Waals surface area contributed by atoms with Crippen LogP contribution in [-0.4, -0.2) is 36.6 Å². The summed E-state index contributed by atoms with van der Waals surface area (Å²) >= 11 is 1.89. The fourth-order valence-corrected chi connectivity index (χ4v) is 3.54. The first-order valence-electron chi connectivity index (χ1n) is 6.68. The van der Waals surface area contributed by atoms with Crippen molar-refractivity contribution in [1.82, 2.24) is 15.2 Å². The van der Waals surface area contributed by atoms with Crippen LogP contribution in [-0.2, 0) is 19.4 Å². The number of thiazole rings is 1. The topological polar surface area (TPSA) is 28.2 Å². The molecule has 96 valence electrons. The average Bonchev–Trinajstić information content (AvgIpc) is 2.95. The van der Waals surface area contributed by atoms with Crippen LogP contribution in [0.2, 0.25) is 0 Å². The summed E-state index contributed by atoms with van der Waals surface area (Å²) < 4.78 is 0. The van der Waals surface area contributed by atoms with E-state index < -0.39 is 0 Å². The number of hydrogen-bond acceptors (Lipinski definition) is 4. The molecule has 0 amide bonds. The number of nitrogens with one attached hydrogen (secondary N) is 1. The van der Waals surface area contributed by atoms with Gasteiger partial charge in [-0.1, -0.05) is 6.92 Å². The number of likely N-dealkylation sites (tertiary alicyclic amines) is 1. The molecule has 1 saturated heterocycles. The molecule has 1 aliphatic rings. The van der Waals surface area contributed by atoms with E-state index in [4.69, 9.17) is 4.98 Å². The van der Waals surface area contributed by atoms with Crippen molar-refractivity contribution >= 4 is 11.3 Å². The van der Waals surface area contributed by atoms with Crippen LogP contribution in [0.3, 0.4) is 0 Å². The molecule has 0 spiro atoms. The number of rotatable bonds is 6. The number of hydrogen-bond donors (Lipinski definition) is 1. The fraction of sp³-hybridized carbons (Fsp3) is 0.769. The van der Waals surface area contributed by atoms with Crippen molar-refractivity contribution in [3.63, 3.8) is 0 Å². The van der Waals surface area contributed by atoms with Gasteiger partial charge in [0.25, 0.3) is 0 Å². The first kappa shape index (κ1) is 13.0. The molecule has 3 nitrogen and oxygen atoms in total. The molecule has 2 heterocycles. The van der Waals surface area contributed by atoms with Gasteiger partial charge in [0, 0.05) is 24.4 Å². The lowest BCUT2D eigenvalue weighted by atomic mass is 10.3. The van der Waals surface area contributed by atoms with Gasteiger partial charge in [0.05, 0.1) is 10.7 Å². The number of aryl methyl sites for hydroxylation is 1. The van der Waals surface area contributed by atoms with Crippen LogP contribution >= 0.6 is 11.3 Å². The standard InChI is InChI=1S/C13H23N3S/c1-3-11-12(10-14-2)17-13(15-11)6-9-16-7-4-5-8-16/h14H,3-10H2,1-2H3. The quantitative estimate of drug-likeness (QED) is 0.841. The third kappa shape index (κ3) is 3.50. The van der Waals surface area contributed by atoms with Crippen LogP contribution < -0.4 is 5.32 Å². The van der Waals surface area contributed by atoms with Gasteiger partial charge in [-0.3, -0.25) is 0 Å². The molecule has 0 aromatic carbocycles. The normalized spacial score (nSPS) is 16.8. The Morgan fingerprint density at radius 1 is 1.35 bits per heavy atom. The van der Waals surface area contributed by atoms with Crippen LogP contribution in [0, 0.1) is 0 Å². The third-order valence-corrected chi connectivity index (χ3v) is 4.49. The molecular weight excluding hydrogens is 230 g/mol. The number of nitrogens with zero attached hydrogens (tertiary/aromatic N) is 2. The highest BCUT2D eigenvalue weighted by Crippen LogP contribution is 2.20. The summed E-state index contributed by atoms with van der Waals surface area (Å²) in [6.07, 6.45) is 4.94. The van der Waals surface area contributed by atoms with Gasteiger partial charge in [-0.2, -0.15) is 0 Å². The Bertz CT molecular complexity index is 342. The summed E-state index contributed by atoms with van der Waals surface area (Å²) in [4.78, 5) is 8.74. The van der Waals surface area contributed by atoms with E-state index >= 15 is 0 Å². The van der Waals surface area contributed by atoms with Crippen molar-refractivity contribution in [2.45, 2.75) is 39.2 Å². The molecule has 1 aliphatic heterocycles. The molecular formula is C13H23N3S. The van der Waals surface area contributed by atoms with Gasteiger partial charge in [0.15, 0.2) is 0 Å². The second kappa shape index (κ2) is 6.47. The predicted molar refractivity (Wildman–Crippen MR) is 73.6 cm³/mol. The summed E-state index contributed by atoms with van der Waals surface area (Å²) in [7, 11) is 2.00. The molecule has 1 fully saturated rings. The van der Waals surface area contributed by atoms with Crippen LogP contribution in [0.25, 0.3) is 0 Å². The molecule has 0 bridgehead atoms. The van der Waals surface area contributed by atoms with Crippen molar-refractivity contribution in [1.29, 1.82) is 0 Å². The van der Waals surface area contributed by atoms with Crippen LogP contribution in [0.5, 0.6) is 0 Å². The van der Waals surface area contributed by atoms with E-state index in [1.54, 1.807) is 0 Å². The van der Waals surface area contributed by atoms with Crippen molar-refractivity contribution < 1.29 is 0 Å². The summed E-state index contributed by atoms with van der Waals surface area (Å²) in [5.41, 5.74) is 1.29. The van der Waals surface area contributed by atoms with E-state index in [1.807, 2.05) is 18.4 Å². The zero-order valence-corrected chi connectivity index (χ0v) is 11.8. The van der Waals surface area contributed by atoms with Gasteiger partial charge in [-0.05, 0) is 39.4 Å².